The summed E-state index contributed by atoms with van der Waals surface area (Å²) in [6.45, 7) is 1.77. The molecule has 0 radical (unpaired) electrons. The van der Waals surface area contributed by atoms with E-state index in [4.69, 9.17) is 14.2 Å². The topological polar surface area (TPSA) is 86.8 Å². The highest BCUT2D eigenvalue weighted by Crippen LogP contribution is 2.38. The van der Waals surface area contributed by atoms with E-state index >= 15 is 0 Å². The second kappa shape index (κ2) is 6.74. The van der Waals surface area contributed by atoms with Crippen LogP contribution in [0.4, 0.5) is 5.69 Å². The van der Waals surface area contributed by atoms with Crippen molar-refractivity contribution in [2.75, 3.05) is 26.1 Å². The van der Waals surface area contributed by atoms with Crippen molar-refractivity contribution >= 4 is 15.7 Å². The summed E-state index contributed by atoms with van der Waals surface area (Å²) in [7, 11) is 0.306. The Hall–Kier alpha value is -2.48. The van der Waals surface area contributed by atoms with Crippen molar-refractivity contribution in [3.8, 4) is 17.2 Å². The summed E-state index contributed by atoms with van der Waals surface area (Å²) in [5.74, 6) is 0.677. The molecule has 2 rings (SSSR count). The van der Waals surface area contributed by atoms with Crippen LogP contribution in [0.5, 0.6) is 17.2 Å². The fraction of sp³-hybridized carbons (Fsp3) is 0.267. The lowest BCUT2D eigenvalue weighted by atomic mass is 10.3. The van der Waals surface area contributed by atoms with Crippen LogP contribution in [0.25, 0.3) is 0 Å². The summed E-state index contributed by atoms with van der Waals surface area (Å²) < 4.78 is 43.5. The second-order valence-corrected chi connectivity index (χ2v) is 6.27. The molecule has 0 saturated carbocycles. The SMILES string of the molecule is COc1cc(OC)c(S(=O)(=O)Nc2ccnc(C)c2)c(OC)c1. The monoisotopic (exact) mass is 338 g/mol. The summed E-state index contributed by atoms with van der Waals surface area (Å²) in [6, 6.07) is 6.15. The number of aryl methyl sites for hydroxylation is 1. The first-order chi connectivity index (χ1) is 10.9. The molecule has 1 aromatic heterocycles. The average Bonchev–Trinajstić information content (AvgIpc) is 2.52. The first kappa shape index (κ1) is 16.9. The van der Waals surface area contributed by atoms with Gasteiger partial charge in [-0.3, -0.25) is 9.71 Å². The Labute approximate surface area is 135 Å². The van der Waals surface area contributed by atoms with Crippen molar-refractivity contribution in [3.63, 3.8) is 0 Å². The second-order valence-electron chi connectivity index (χ2n) is 4.65. The molecular weight excluding hydrogens is 320 g/mol. The highest BCUT2D eigenvalue weighted by atomic mass is 32.2. The van der Waals surface area contributed by atoms with Gasteiger partial charge in [-0.25, -0.2) is 8.42 Å². The number of sulfonamides is 1. The van der Waals surface area contributed by atoms with Crippen molar-refractivity contribution in [2.45, 2.75) is 11.8 Å². The summed E-state index contributed by atoms with van der Waals surface area (Å²) in [5.41, 5.74) is 1.09. The highest BCUT2D eigenvalue weighted by Gasteiger charge is 2.26. The predicted molar refractivity (Wildman–Crippen MR) is 85.9 cm³/mol. The van der Waals surface area contributed by atoms with Crippen LogP contribution in [0.15, 0.2) is 35.4 Å². The van der Waals surface area contributed by atoms with Crippen LogP contribution in [0.2, 0.25) is 0 Å². The van der Waals surface area contributed by atoms with E-state index in [2.05, 4.69) is 9.71 Å². The third-order valence-corrected chi connectivity index (χ3v) is 4.53. The predicted octanol–water partition coefficient (Wildman–Crippen LogP) is 2.22. The van der Waals surface area contributed by atoms with Gasteiger partial charge in [0.05, 0.1) is 27.0 Å². The molecule has 0 fully saturated rings. The first-order valence-corrected chi connectivity index (χ1v) is 8.15. The molecule has 1 N–H and O–H groups in total. The number of methoxy groups -OCH3 is 3. The van der Waals surface area contributed by atoms with Crippen molar-refractivity contribution in [1.82, 2.24) is 4.98 Å². The van der Waals surface area contributed by atoms with Crippen molar-refractivity contribution in [1.29, 1.82) is 0 Å². The zero-order chi connectivity index (χ0) is 17.0. The molecule has 0 amide bonds. The summed E-state index contributed by atoms with van der Waals surface area (Å²) in [6.07, 6.45) is 1.52. The van der Waals surface area contributed by atoms with Crippen LogP contribution in [-0.4, -0.2) is 34.7 Å². The van der Waals surface area contributed by atoms with Crippen LogP contribution in [0.1, 0.15) is 5.69 Å². The number of ether oxygens (including phenoxy) is 3. The zero-order valence-electron chi connectivity index (χ0n) is 13.3. The molecular formula is C15H18N2O5S. The van der Waals surface area contributed by atoms with Gasteiger partial charge in [-0.2, -0.15) is 0 Å². The molecule has 2 aromatic rings. The van der Waals surface area contributed by atoms with Crippen LogP contribution >= 0.6 is 0 Å². The number of benzene rings is 1. The minimum Gasteiger partial charge on any atom is -0.496 e. The van der Waals surface area contributed by atoms with E-state index in [-0.39, 0.29) is 16.4 Å². The molecule has 0 aliphatic rings. The smallest absolute Gasteiger partial charge is 0.269 e. The molecule has 124 valence electrons. The van der Waals surface area contributed by atoms with Crippen molar-refractivity contribution < 1.29 is 22.6 Å². The van der Waals surface area contributed by atoms with Crippen LogP contribution < -0.4 is 18.9 Å². The van der Waals surface area contributed by atoms with E-state index in [1.54, 1.807) is 19.1 Å². The molecule has 0 aliphatic heterocycles. The fourth-order valence-electron chi connectivity index (χ4n) is 2.05. The Balaban J connectivity index is 2.54. The van der Waals surface area contributed by atoms with Gasteiger partial charge in [0.2, 0.25) is 0 Å². The number of hydrogen-bond donors (Lipinski definition) is 1. The average molecular weight is 338 g/mol. The number of anilines is 1. The summed E-state index contributed by atoms with van der Waals surface area (Å²) in [4.78, 5) is 3.93. The molecule has 0 saturated heterocycles. The van der Waals surface area contributed by atoms with Crippen molar-refractivity contribution in [3.05, 3.63) is 36.2 Å². The van der Waals surface area contributed by atoms with Crippen LogP contribution in [0, 0.1) is 6.92 Å². The maximum atomic E-state index is 12.7. The number of hydrogen-bond acceptors (Lipinski definition) is 6. The van der Waals surface area contributed by atoms with Gasteiger partial charge in [0.25, 0.3) is 10.0 Å². The quantitative estimate of drug-likeness (QED) is 0.869. The molecule has 0 unspecified atom stereocenters. The molecule has 23 heavy (non-hydrogen) atoms. The standard InChI is InChI=1S/C15H18N2O5S/c1-10-7-11(5-6-16-10)17-23(18,19)15-13(21-3)8-12(20-2)9-14(15)22-4/h5-9H,1-4H3,(H,16,17). The Kier molecular flexibility index (Phi) is 4.95. The molecule has 1 aromatic carbocycles. The first-order valence-electron chi connectivity index (χ1n) is 6.66. The molecule has 0 atom stereocenters. The van der Waals surface area contributed by atoms with Gasteiger partial charge in [-0.05, 0) is 19.1 Å². The summed E-state index contributed by atoms with van der Waals surface area (Å²) in [5, 5.41) is 0. The normalized spacial score (nSPS) is 11.0. The van der Waals surface area contributed by atoms with E-state index < -0.39 is 10.0 Å². The third kappa shape index (κ3) is 3.65. The maximum absolute atomic E-state index is 12.7. The van der Waals surface area contributed by atoms with E-state index in [0.29, 0.717) is 17.1 Å². The third-order valence-electron chi connectivity index (χ3n) is 3.09. The molecule has 0 spiro atoms. The Morgan fingerprint density at radius 1 is 1.00 bits per heavy atom. The number of pyridine rings is 1. The minimum atomic E-state index is -3.92. The lowest BCUT2D eigenvalue weighted by Crippen LogP contribution is -2.15. The number of nitrogens with one attached hydrogen (secondary N) is 1. The van der Waals surface area contributed by atoms with E-state index in [1.807, 2.05) is 0 Å². The van der Waals surface area contributed by atoms with Crippen LogP contribution in [-0.2, 0) is 10.0 Å². The fourth-order valence-corrected chi connectivity index (χ4v) is 3.41. The van der Waals surface area contributed by atoms with Crippen LogP contribution in [0.3, 0.4) is 0 Å². The van der Waals surface area contributed by atoms with Gasteiger partial charge < -0.3 is 14.2 Å². The lowest BCUT2D eigenvalue weighted by Gasteiger charge is -2.16. The molecule has 0 aliphatic carbocycles. The highest BCUT2D eigenvalue weighted by molar-refractivity contribution is 7.93. The van der Waals surface area contributed by atoms with Gasteiger partial charge in [-0.1, -0.05) is 0 Å². The van der Waals surface area contributed by atoms with Gasteiger partial charge in [0.15, 0.2) is 4.90 Å². The van der Waals surface area contributed by atoms with Gasteiger partial charge in [-0.15, -0.1) is 0 Å². The largest absolute Gasteiger partial charge is 0.496 e. The summed E-state index contributed by atoms with van der Waals surface area (Å²) >= 11 is 0. The minimum absolute atomic E-state index is 0.0993. The molecule has 1 heterocycles. The molecule has 7 nitrogen and oxygen atoms in total. The number of nitrogens with zero attached hydrogens (tertiary/aromatic N) is 1. The van der Waals surface area contributed by atoms with E-state index in [1.165, 1.54) is 39.7 Å². The maximum Gasteiger partial charge on any atom is 0.269 e. The van der Waals surface area contributed by atoms with E-state index in [9.17, 15) is 8.42 Å². The van der Waals surface area contributed by atoms with Gasteiger partial charge >= 0.3 is 0 Å². The zero-order valence-corrected chi connectivity index (χ0v) is 14.1. The Bertz CT molecular complexity index is 780. The number of aromatic nitrogens is 1. The van der Waals surface area contributed by atoms with E-state index in [0.717, 1.165) is 0 Å². The van der Waals surface area contributed by atoms with Gasteiger partial charge in [0, 0.05) is 24.0 Å². The Morgan fingerprint density at radius 3 is 2.09 bits per heavy atom. The van der Waals surface area contributed by atoms with Gasteiger partial charge in [0.1, 0.15) is 17.2 Å². The Morgan fingerprint density at radius 2 is 1.61 bits per heavy atom. The van der Waals surface area contributed by atoms with Crippen molar-refractivity contribution in [2.24, 2.45) is 0 Å². The molecule has 8 heteroatoms. The lowest BCUT2D eigenvalue weighted by molar-refractivity contribution is 0.359. The number of rotatable bonds is 6. The molecule has 0 bridgehead atoms.